The molecule has 1 fully saturated rings. The smallest absolute Gasteiger partial charge is 0.240 e. The average molecular weight is 228 g/mol. The molecule has 0 bridgehead atoms. The van der Waals surface area contributed by atoms with Crippen molar-refractivity contribution < 1.29 is 9.53 Å². The highest BCUT2D eigenvalue weighted by Gasteiger charge is 2.35. The van der Waals surface area contributed by atoms with Gasteiger partial charge >= 0.3 is 0 Å². The van der Waals surface area contributed by atoms with Crippen LogP contribution in [0.2, 0.25) is 0 Å². The van der Waals surface area contributed by atoms with E-state index in [0.29, 0.717) is 26.1 Å². The second-order valence-electron chi connectivity index (χ2n) is 4.59. The molecular weight excluding hydrogens is 204 g/mol. The van der Waals surface area contributed by atoms with E-state index < -0.39 is 5.54 Å². The Kier molecular flexibility index (Phi) is 5.77. The minimum atomic E-state index is -0.691. The first-order valence-electron chi connectivity index (χ1n) is 6.34. The SMILES string of the molecule is CCCCCCNC(=O)C1(N)CCOCC1. The van der Waals surface area contributed by atoms with Crippen LogP contribution in [-0.2, 0) is 9.53 Å². The Hall–Kier alpha value is -0.610. The van der Waals surface area contributed by atoms with E-state index in [1.54, 1.807) is 0 Å². The summed E-state index contributed by atoms with van der Waals surface area (Å²) in [5, 5.41) is 2.93. The van der Waals surface area contributed by atoms with Gasteiger partial charge in [0.2, 0.25) is 5.91 Å². The first kappa shape index (κ1) is 13.5. The number of rotatable bonds is 6. The van der Waals surface area contributed by atoms with Crippen molar-refractivity contribution in [1.82, 2.24) is 5.32 Å². The molecule has 0 spiro atoms. The van der Waals surface area contributed by atoms with Gasteiger partial charge in [-0.15, -0.1) is 0 Å². The molecule has 1 heterocycles. The van der Waals surface area contributed by atoms with Crippen LogP contribution in [0.4, 0.5) is 0 Å². The number of carbonyl (C=O) groups is 1. The molecule has 16 heavy (non-hydrogen) atoms. The number of ether oxygens (including phenoxy) is 1. The predicted molar refractivity (Wildman–Crippen MR) is 64.1 cm³/mol. The lowest BCUT2D eigenvalue weighted by molar-refractivity contribution is -0.129. The summed E-state index contributed by atoms with van der Waals surface area (Å²) in [6, 6.07) is 0. The van der Waals surface area contributed by atoms with E-state index in [0.717, 1.165) is 13.0 Å². The third-order valence-electron chi connectivity index (χ3n) is 3.15. The topological polar surface area (TPSA) is 64.4 Å². The molecule has 0 aromatic rings. The van der Waals surface area contributed by atoms with Crippen LogP contribution in [0.25, 0.3) is 0 Å². The number of carbonyl (C=O) groups excluding carboxylic acids is 1. The van der Waals surface area contributed by atoms with Crippen molar-refractivity contribution >= 4 is 5.91 Å². The molecule has 0 aliphatic carbocycles. The van der Waals surface area contributed by atoms with E-state index in [2.05, 4.69) is 12.2 Å². The number of nitrogens with one attached hydrogen (secondary N) is 1. The largest absolute Gasteiger partial charge is 0.381 e. The van der Waals surface area contributed by atoms with Crippen LogP contribution in [-0.4, -0.2) is 31.2 Å². The van der Waals surface area contributed by atoms with Gasteiger partial charge in [-0.25, -0.2) is 0 Å². The lowest BCUT2D eigenvalue weighted by Gasteiger charge is -2.31. The molecule has 0 radical (unpaired) electrons. The van der Waals surface area contributed by atoms with E-state index in [-0.39, 0.29) is 5.91 Å². The average Bonchev–Trinajstić information content (AvgIpc) is 2.29. The Morgan fingerprint density at radius 1 is 1.31 bits per heavy atom. The van der Waals surface area contributed by atoms with Crippen LogP contribution in [0, 0.1) is 0 Å². The van der Waals surface area contributed by atoms with Crippen LogP contribution >= 0.6 is 0 Å². The second kappa shape index (κ2) is 6.86. The maximum absolute atomic E-state index is 11.9. The minimum absolute atomic E-state index is 0.00713. The zero-order valence-corrected chi connectivity index (χ0v) is 10.3. The molecule has 4 nitrogen and oxygen atoms in total. The number of hydrogen-bond donors (Lipinski definition) is 2. The molecule has 1 amide bonds. The lowest BCUT2D eigenvalue weighted by Crippen LogP contribution is -2.57. The summed E-state index contributed by atoms with van der Waals surface area (Å²) in [6.07, 6.45) is 5.94. The maximum Gasteiger partial charge on any atom is 0.240 e. The summed E-state index contributed by atoms with van der Waals surface area (Å²) >= 11 is 0. The zero-order valence-electron chi connectivity index (χ0n) is 10.3. The summed E-state index contributed by atoms with van der Waals surface area (Å²) in [6.45, 7) is 4.12. The van der Waals surface area contributed by atoms with Crippen LogP contribution in [0.15, 0.2) is 0 Å². The van der Waals surface area contributed by atoms with Crippen molar-refractivity contribution in [3.8, 4) is 0 Å². The number of hydrogen-bond acceptors (Lipinski definition) is 3. The molecule has 4 heteroatoms. The fourth-order valence-corrected chi connectivity index (χ4v) is 1.89. The van der Waals surface area contributed by atoms with E-state index in [1.807, 2.05) is 0 Å². The zero-order chi connectivity index (χ0) is 11.9. The van der Waals surface area contributed by atoms with Gasteiger partial charge in [0.1, 0.15) is 0 Å². The van der Waals surface area contributed by atoms with E-state index in [1.165, 1.54) is 19.3 Å². The maximum atomic E-state index is 11.9. The molecule has 1 rings (SSSR count). The van der Waals surface area contributed by atoms with Crippen molar-refractivity contribution in [3.63, 3.8) is 0 Å². The highest BCUT2D eigenvalue weighted by molar-refractivity contribution is 5.86. The summed E-state index contributed by atoms with van der Waals surface area (Å²) in [4.78, 5) is 11.9. The fraction of sp³-hybridized carbons (Fsp3) is 0.917. The monoisotopic (exact) mass is 228 g/mol. The third kappa shape index (κ3) is 4.10. The first-order chi connectivity index (χ1) is 7.69. The highest BCUT2D eigenvalue weighted by Crippen LogP contribution is 2.17. The molecule has 0 aromatic heterocycles. The van der Waals surface area contributed by atoms with E-state index >= 15 is 0 Å². The molecular formula is C12H24N2O2. The van der Waals surface area contributed by atoms with Crippen LogP contribution in [0.1, 0.15) is 45.4 Å². The van der Waals surface area contributed by atoms with Gasteiger partial charge in [0.15, 0.2) is 0 Å². The Labute approximate surface area is 97.9 Å². The molecule has 1 aliphatic heterocycles. The fourth-order valence-electron chi connectivity index (χ4n) is 1.89. The van der Waals surface area contributed by atoms with Gasteiger partial charge in [-0.1, -0.05) is 26.2 Å². The van der Waals surface area contributed by atoms with Gasteiger partial charge in [-0.2, -0.15) is 0 Å². The van der Waals surface area contributed by atoms with Gasteiger partial charge in [0.25, 0.3) is 0 Å². The minimum Gasteiger partial charge on any atom is -0.381 e. The molecule has 94 valence electrons. The predicted octanol–water partition coefficient (Wildman–Crippen LogP) is 1.19. The Morgan fingerprint density at radius 2 is 2.00 bits per heavy atom. The molecule has 0 atom stereocenters. The van der Waals surface area contributed by atoms with Gasteiger partial charge in [0, 0.05) is 19.8 Å². The second-order valence-corrected chi connectivity index (χ2v) is 4.59. The number of unbranched alkanes of at least 4 members (excludes halogenated alkanes) is 3. The van der Waals surface area contributed by atoms with Crippen molar-refractivity contribution in [1.29, 1.82) is 0 Å². The van der Waals surface area contributed by atoms with E-state index in [4.69, 9.17) is 10.5 Å². The molecule has 0 unspecified atom stereocenters. The summed E-state index contributed by atoms with van der Waals surface area (Å²) in [5.74, 6) is -0.00713. The molecule has 1 aliphatic rings. The highest BCUT2D eigenvalue weighted by atomic mass is 16.5. The number of nitrogens with two attached hydrogens (primary N) is 1. The summed E-state index contributed by atoms with van der Waals surface area (Å²) in [5.41, 5.74) is 5.36. The van der Waals surface area contributed by atoms with Crippen LogP contribution in [0.5, 0.6) is 0 Å². The Balaban J connectivity index is 2.18. The molecule has 1 saturated heterocycles. The quantitative estimate of drug-likeness (QED) is 0.671. The van der Waals surface area contributed by atoms with Crippen molar-refractivity contribution in [2.45, 2.75) is 51.0 Å². The van der Waals surface area contributed by atoms with Gasteiger partial charge in [0.05, 0.1) is 5.54 Å². The van der Waals surface area contributed by atoms with Crippen LogP contribution < -0.4 is 11.1 Å². The van der Waals surface area contributed by atoms with Crippen molar-refractivity contribution in [2.24, 2.45) is 5.73 Å². The van der Waals surface area contributed by atoms with Crippen LogP contribution in [0.3, 0.4) is 0 Å². The Bertz CT molecular complexity index is 213. The third-order valence-corrected chi connectivity index (χ3v) is 3.15. The summed E-state index contributed by atoms with van der Waals surface area (Å²) in [7, 11) is 0. The van der Waals surface area contributed by atoms with Gasteiger partial charge < -0.3 is 15.8 Å². The number of amides is 1. The van der Waals surface area contributed by atoms with Crippen molar-refractivity contribution in [3.05, 3.63) is 0 Å². The molecule has 0 saturated carbocycles. The summed E-state index contributed by atoms with van der Waals surface area (Å²) < 4.78 is 5.21. The van der Waals surface area contributed by atoms with Gasteiger partial charge in [-0.05, 0) is 19.3 Å². The normalized spacial score (nSPS) is 19.4. The van der Waals surface area contributed by atoms with E-state index in [9.17, 15) is 4.79 Å². The molecule has 3 N–H and O–H groups in total. The first-order valence-corrected chi connectivity index (χ1v) is 6.34. The Morgan fingerprint density at radius 3 is 2.62 bits per heavy atom. The van der Waals surface area contributed by atoms with Crippen molar-refractivity contribution in [2.75, 3.05) is 19.8 Å². The lowest BCUT2D eigenvalue weighted by atomic mass is 9.90. The molecule has 0 aromatic carbocycles. The van der Waals surface area contributed by atoms with Gasteiger partial charge in [-0.3, -0.25) is 4.79 Å². The standard InChI is InChI=1S/C12H24N2O2/c1-2-3-4-5-8-14-11(15)12(13)6-9-16-10-7-12/h2-10,13H2,1H3,(H,14,15).